The van der Waals surface area contributed by atoms with Gasteiger partial charge in [0.25, 0.3) is 0 Å². The molecule has 7 nitrogen and oxygen atoms in total. The average Bonchev–Trinajstić information content (AvgIpc) is 3.17. The first-order chi connectivity index (χ1) is 16.9. The Labute approximate surface area is 204 Å². The lowest BCUT2D eigenvalue weighted by Gasteiger charge is -2.19. The van der Waals surface area contributed by atoms with Crippen LogP contribution in [0.2, 0.25) is 0 Å². The summed E-state index contributed by atoms with van der Waals surface area (Å²) in [6, 6.07) is 22.7. The Morgan fingerprint density at radius 3 is 2.23 bits per heavy atom. The van der Waals surface area contributed by atoms with Crippen LogP contribution in [-0.2, 0) is 20.9 Å². The average molecular weight is 473 g/mol. The van der Waals surface area contributed by atoms with Gasteiger partial charge in [-0.1, -0.05) is 78.4 Å². The van der Waals surface area contributed by atoms with Crippen molar-refractivity contribution in [3.05, 3.63) is 95.1 Å². The van der Waals surface area contributed by atoms with Crippen LogP contribution in [0.4, 0.5) is 4.79 Å². The van der Waals surface area contributed by atoms with E-state index in [2.05, 4.69) is 22.8 Å². The van der Waals surface area contributed by atoms with Gasteiger partial charge in [-0.2, -0.15) is 0 Å². The van der Waals surface area contributed by atoms with Gasteiger partial charge in [0.2, 0.25) is 5.91 Å². The molecule has 0 radical (unpaired) electrons. The van der Waals surface area contributed by atoms with Gasteiger partial charge in [0.05, 0.1) is 0 Å². The molecule has 3 N–H and O–H groups in total. The molecule has 1 atom stereocenters. The van der Waals surface area contributed by atoms with E-state index in [0.29, 0.717) is 0 Å². The number of nitrogens with one attached hydrogen (secondary N) is 2. The van der Waals surface area contributed by atoms with Gasteiger partial charge in [-0.05, 0) is 41.2 Å². The monoisotopic (exact) mass is 472 g/mol. The van der Waals surface area contributed by atoms with E-state index in [-0.39, 0.29) is 31.9 Å². The minimum Gasteiger partial charge on any atom is -0.481 e. The molecule has 0 saturated carbocycles. The molecule has 0 aromatic heterocycles. The van der Waals surface area contributed by atoms with Crippen LogP contribution in [0.3, 0.4) is 0 Å². The van der Waals surface area contributed by atoms with E-state index in [1.807, 2.05) is 67.6 Å². The molecule has 0 saturated heterocycles. The van der Waals surface area contributed by atoms with Crippen LogP contribution >= 0.6 is 0 Å². The summed E-state index contributed by atoms with van der Waals surface area (Å²) in [5.74, 6) is -1.61. The van der Waals surface area contributed by atoms with Gasteiger partial charge >= 0.3 is 12.1 Å². The van der Waals surface area contributed by atoms with Crippen LogP contribution in [0.1, 0.15) is 41.0 Å². The lowest BCUT2D eigenvalue weighted by molar-refractivity contribution is -0.137. The molecule has 2 amide bonds. The number of carbonyl (C=O) groups excluding carboxylic acids is 2. The quantitative estimate of drug-likeness (QED) is 0.429. The van der Waals surface area contributed by atoms with Gasteiger partial charge in [-0.25, -0.2) is 4.79 Å². The summed E-state index contributed by atoms with van der Waals surface area (Å²) in [7, 11) is 0. The lowest BCUT2D eigenvalue weighted by Crippen LogP contribution is -2.47. The highest BCUT2D eigenvalue weighted by Crippen LogP contribution is 2.44. The van der Waals surface area contributed by atoms with E-state index >= 15 is 0 Å². The molecule has 1 unspecified atom stereocenters. The Hall–Kier alpha value is -4.13. The Morgan fingerprint density at radius 1 is 0.943 bits per heavy atom. The number of amides is 2. The van der Waals surface area contributed by atoms with Crippen molar-refractivity contribution in [3.63, 3.8) is 0 Å². The van der Waals surface area contributed by atoms with Gasteiger partial charge in [-0.3, -0.25) is 9.59 Å². The number of fused-ring (bicyclic) bond motifs is 3. The van der Waals surface area contributed by atoms with Crippen LogP contribution in [0.5, 0.6) is 0 Å². The second kappa shape index (κ2) is 10.9. The van der Waals surface area contributed by atoms with Crippen molar-refractivity contribution in [1.82, 2.24) is 10.6 Å². The van der Waals surface area contributed by atoms with E-state index in [1.165, 1.54) is 0 Å². The normalized spacial score (nSPS) is 12.8. The van der Waals surface area contributed by atoms with Gasteiger partial charge in [-0.15, -0.1) is 0 Å². The number of carbonyl (C=O) groups is 3. The number of aryl methyl sites for hydroxylation is 1. The largest absolute Gasteiger partial charge is 0.481 e. The third-order valence-electron chi connectivity index (χ3n) is 6.15. The molecule has 1 aliphatic carbocycles. The third kappa shape index (κ3) is 5.87. The Bertz CT molecular complexity index is 1190. The molecule has 0 fully saturated rings. The molecule has 3 aromatic rings. The van der Waals surface area contributed by atoms with Crippen molar-refractivity contribution >= 4 is 18.0 Å². The van der Waals surface area contributed by atoms with Crippen molar-refractivity contribution < 1.29 is 24.2 Å². The van der Waals surface area contributed by atoms with Crippen molar-refractivity contribution in [2.45, 2.75) is 38.3 Å². The predicted octanol–water partition coefficient (Wildman–Crippen LogP) is 4.38. The van der Waals surface area contributed by atoms with Crippen LogP contribution in [0.25, 0.3) is 11.1 Å². The summed E-state index contributed by atoms with van der Waals surface area (Å²) < 4.78 is 5.53. The first-order valence-electron chi connectivity index (χ1n) is 11.6. The maximum absolute atomic E-state index is 12.8. The Kier molecular flexibility index (Phi) is 7.45. The molecule has 35 heavy (non-hydrogen) atoms. The highest BCUT2D eigenvalue weighted by molar-refractivity contribution is 5.86. The van der Waals surface area contributed by atoms with Gasteiger partial charge < -0.3 is 20.5 Å². The molecular formula is C28H28N2O5. The number of carboxylic acid groups (broad SMARTS) is 1. The smallest absolute Gasteiger partial charge is 0.407 e. The number of alkyl carbamates (subject to hydrolysis) is 1. The number of aliphatic carboxylic acids is 1. The SMILES string of the molecule is Cc1cccc(CNC(=O)C(CCC(=O)O)NC(=O)OCC2c3ccccc3-c3ccccc32)c1. The Balaban J connectivity index is 1.39. The van der Waals surface area contributed by atoms with Crippen molar-refractivity contribution in [1.29, 1.82) is 0 Å². The van der Waals surface area contributed by atoms with Crippen LogP contribution in [0.15, 0.2) is 72.8 Å². The van der Waals surface area contributed by atoms with Crippen molar-refractivity contribution in [2.24, 2.45) is 0 Å². The van der Waals surface area contributed by atoms with Crippen molar-refractivity contribution in [2.75, 3.05) is 6.61 Å². The number of benzene rings is 3. The number of carboxylic acids is 1. The van der Waals surface area contributed by atoms with Crippen molar-refractivity contribution in [3.8, 4) is 11.1 Å². The molecular weight excluding hydrogens is 444 g/mol. The van der Waals surface area contributed by atoms with E-state index in [9.17, 15) is 14.4 Å². The number of ether oxygens (including phenoxy) is 1. The minimum absolute atomic E-state index is 0.0425. The van der Waals surface area contributed by atoms with Crippen LogP contribution in [-0.4, -0.2) is 35.7 Å². The molecule has 1 aliphatic rings. The fourth-order valence-corrected chi connectivity index (χ4v) is 4.45. The summed E-state index contributed by atoms with van der Waals surface area (Å²) in [6.45, 7) is 2.34. The number of hydrogen-bond donors (Lipinski definition) is 3. The topological polar surface area (TPSA) is 105 Å². The summed E-state index contributed by atoms with van der Waals surface area (Å²) in [5, 5.41) is 14.4. The van der Waals surface area contributed by atoms with E-state index in [4.69, 9.17) is 9.84 Å². The standard InChI is InChI=1S/C28H28N2O5/c1-18-7-6-8-19(15-18)16-29-27(33)25(13-14-26(31)32)30-28(34)35-17-24-22-11-4-2-9-20(22)21-10-3-5-12-23(21)24/h2-12,15,24-25H,13-14,16-17H2,1H3,(H,29,33)(H,30,34)(H,31,32). The molecule has 3 aromatic carbocycles. The Morgan fingerprint density at radius 2 is 1.60 bits per heavy atom. The van der Waals surface area contributed by atoms with Crippen LogP contribution < -0.4 is 10.6 Å². The molecule has 180 valence electrons. The second-order valence-electron chi connectivity index (χ2n) is 8.66. The maximum atomic E-state index is 12.8. The lowest BCUT2D eigenvalue weighted by atomic mass is 9.98. The fraction of sp³-hybridized carbons (Fsp3) is 0.250. The van der Waals surface area contributed by atoms with Gasteiger partial charge in [0.1, 0.15) is 12.6 Å². The molecule has 0 bridgehead atoms. The summed E-state index contributed by atoms with van der Waals surface area (Å²) >= 11 is 0. The predicted molar refractivity (Wildman–Crippen MR) is 132 cm³/mol. The highest BCUT2D eigenvalue weighted by Gasteiger charge is 2.30. The third-order valence-corrected chi connectivity index (χ3v) is 6.15. The van der Waals surface area contributed by atoms with E-state index < -0.39 is 24.0 Å². The van der Waals surface area contributed by atoms with E-state index in [0.717, 1.165) is 33.4 Å². The minimum atomic E-state index is -1.05. The zero-order valence-electron chi connectivity index (χ0n) is 19.5. The number of rotatable bonds is 9. The van der Waals surface area contributed by atoms with Gasteiger partial charge in [0.15, 0.2) is 0 Å². The highest BCUT2D eigenvalue weighted by atomic mass is 16.5. The fourth-order valence-electron chi connectivity index (χ4n) is 4.45. The molecule has 0 heterocycles. The first kappa shape index (κ1) is 24.0. The molecule has 4 rings (SSSR count). The molecule has 7 heteroatoms. The summed E-state index contributed by atoms with van der Waals surface area (Å²) in [4.78, 5) is 36.5. The summed E-state index contributed by atoms with van der Waals surface area (Å²) in [6.07, 6.45) is -1.06. The molecule has 0 spiro atoms. The zero-order chi connectivity index (χ0) is 24.8. The maximum Gasteiger partial charge on any atom is 0.407 e. The molecule has 0 aliphatic heterocycles. The van der Waals surface area contributed by atoms with E-state index in [1.54, 1.807) is 0 Å². The van der Waals surface area contributed by atoms with Crippen LogP contribution in [0, 0.1) is 6.92 Å². The first-order valence-corrected chi connectivity index (χ1v) is 11.6. The second-order valence-corrected chi connectivity index (χ2v) is 8.66. The number of hydrogen-bond acceptors (Lipinski definition) is 4. The zero-order valence-corrected chi connectivity index (χ0v) is 19.5. The van der Waals surface area contributed by atoms with Gasteiger partial charge in [0, 0.05) is 18.9 Å². The summed E-state index contributed by atoms with van der Waals surface area (Å²) in [5.41, 5.74) is 6.38.